The summed E-state index contributed by atoms with van der Waals surface area (Å²) in [7, 11) is 0. The topological polar surface area (TPSA) is 25.8 Å². The van der Waals surface area contributed by atoms with Gasteiger partial charge in [-0.05, 0) is 117 Å². The van der Waals surface area contributed by atoms with Gasteiger partial charge < -0.3 is 0 Å². The van der Waals surface area contributed by atoms with Crippen LogP contribution < -0.4 is 0 Å². The SMILES string of the molecule is c1ccc(-c2ccc(-c3cc(-c4cccc5c6ccccc6c6cc(-c7ccc8c(c7)-c7ccccc7C87c8ccccc8-c8ccccc87)ccc6c45)nc(-c4ccccc4)n3)cc2)cc1. The Hall–Kier alpha value is -8.72. The maximum atomic E-state index is 5.37. The average molecular weight is 849 g/mol. The molecule has 0 unspecified atom stereocenters. The summed E-state index contributed by atoms with van der Waals surface area (Å²) in [6.45, 7) is 0. The quantitative estimate of drug-likeness (QED) is 0.161. The van der Waals surface area contributed by atoms with Gasteiger partial charge in [-0.2, -0.15) is 0 Å². The smallest absolute Gasteiger partial charge is 0.160 e. The molecule has 0 fully saturated rings. The average Bonchev–Trinajstić information content (AvgIpc) is 3.88. The van der Waals surface area contributed by atoms with Crippen molar-refractivity contribution in [2.45, 2.75) is 5.41 Å². The van der Waals surface area contributed by atoms with Crippen LogP contribution in [0.3, 0.4) is 0 Å². The van der Waals surface area contributed by atoms with Crippen LogP contribution in [0.2, 0.25) is 0 Å². The lowest BCUT2D eigenvalue weighted by atomic mass is 9.70. The maximum absolute atomic E-state index is 5.37. The van der Waals surface area contributed by atoms with E-state index in [1.54, 1.807) is 0 Å². The number of rotatable bonds is 5. The molecule has 1 spiro atoms. The molecular formula is C65H40N2. The van der Waals surface area contributed by atoms with Crippen molar-refractivity contribution in [3.63, 3.8) is 0 Å². The molecule has 11 aromatic carbocycles. The molecule has 0 saturated heterocycles. The third-order valence-corrected chi connectivity index (χ3v) is 14.5. The monoisotopic (exact) mass is 848 g/mol. The van der Waals surface area contributed by atoms with Crippen LogP contribution in [0.4, 0.5) is 0 Å². The van der Waals surface area contributed by atoms with Crippen LogP contribution in [0.15, 0.2) is 243 Å². The van der Waals surface area contributed by atoms with E-state index in [1.165, 1.54) is 99.1 Å². The molecule has 0 radical (unpaired) electrons. The van der Waals surface area contributed by atoms with Crippen LogP contribution in [0.1, 0.15) is 22.3 Å². The summed E-state index contributed by atoms with van der Waals surface area (Å²) in [5.41, 5.74) is 20.0. The van der Waals surface area contributed by atoms with Crippen LogP contribution in [0.25, 0.3) is 111 Å². The van der Waals surface area contributed by atoms with Crippen molar-refractivity contribution in [3.8, 4) is 78.4 Å². The normalized spacial score (nSPS) is 12.9. The molecule has 2 heteroatoms. The van der Waals surface area contributed by atoms with Gasteiger partial charge in [0.25, 0.3) is 0 Å². The molecule has 1 aromatic heterocycles. The molecule has 2 aliphatic carbocycles. The van der Waals surface area contributed by atoms with Gasteiger partial charge in [-0.25, -0.2) is 9.97 Å². The highest BCUT2D eigenvalue weighted by Crippen LogP contribution is 2.63. The van der Waals surface area contributed by atoms with E-state index >= 15 is 0 Å². The highest BCUT2D eigenvalue weighted by atomic mass is 14.9. The Labute approximate surface area is 389 Å². The van der Waals surface area contributed by atoms with Crippen molar-refractivity contribution >= 4 is 32.3 Å². The van der Waals surface area contributed by atoms with E-state index in [1.807, 2.05) is 6.07 Å². The van der Waals surface area contributed by atoms with Crippen molar-refractivity contribution in [2.75, 3.05) is 0 Å². The van der Waals surface area contributed by atoms with E-state index in [-0.39, 0.29) is 5.41 Å². The maximum Gasteiger partial charge on any atom is 0.160 e. The molecule has 310 valence electrons. The second kappa shape index (κ2) is 14.7. The minimum Gasteiger partial charge on any atom is -0.228 e. The Balaban J connectivity index is 0.955. The summed E-state index contributed by atoms with van der Waals surface area (Å²) in [4.78, 5) is 10.6. The number of nitrogens with zero attached hydrogens (tertiary/aromatic N) is 2. The first-order chi connectivity index (χ1) is 33.2. The summed E-state index contributed by atoms with van der Waals surface area (Å²) in [6.07, 6.45) is 0. The van der Waals surface area contributed by atoms with E-state index < -0.39 is 0 Å². The first-order valence-electron chi connectivity index (χ1n) is 23.1. The largest absolute Gasteiger partial charge is 0.228 e. The van der Waals surface area contributed by atoms with Crippen molar-refractivity contribution in [1.29, 1.82) is 0 Å². The van der Waals surface area contributed by atoms with Crippen LogP contribution in [-0.2, 0) is 5.41 Å². The molecule has 0 saturated carbocycles. The molecule has 0 bridgehead atoms. The summed E-state index contributed by atoms with van der Waals surface area (Å²) in [5, 5.41) is 7.28. The molecule has 2 aliphatic rings. The minimum atomic E-state index is -0.362. The summed E-state index contributed by atoms with van der Waals surface area (Å²) >= 11 is 0. The van der Waals surface area contributed by atoms with E-state index in [0.717, 1.165) is 28.1 Å². The number of hydrogen-bond donors (Lipinski definition) is 0. The van der Waals surface area contributed by atoms with Crippen LogP contribution in [0, 0.1) is 0 Å². The Morgan fingerprint density at radius 2 is 0.687 bits per heavy atom. The third-order valence-electron chi connectivity index (χ3n) is 14.5. The summed E-state index contributed by atoms with van der Waals surface area (Å²) in [5.74, 6) is 0.703. The predicted octanol–water partition coefficient (Wildman–Crippen LogP) is 16.6. The van der Waals surface area contributed by atoms with Crippen molar-refractivity contribution in [2.24, 2.45) is 0 Å². The Kier molecular flexibility index (Phi) is 8.23. The molecule has 0 atom stereocenters. The summed E-state index contributed by atoms with van der Waals surface area (Å²) < 4.78 is 0. The van der Waals surface area contributed by atoms with Crippen molar-refractivity contribution in [1.82, 2.24) is 9.97 Å². The molecule has 12 aromatic rings. The Morgan fingerprint density at radius 3 is 1.37 bits per heavy atom. The van der Waals surface area contributed by atoms with Gasteiger partial charge in [0.05, 0.1) is 16.8 Å². The highest BCUT2D eigenvalue weighted by molar-refractivity contribution is 6.28. The standard InChI is InChI=1S/C65H40N2/c1-3-16-41(17-4-1)42-30-32-43(33-31-42)61-40-62(67-64(66-61)44-18-5-2-6-19-44)54-26-15-25-52-47-20-7-8-21-48(47)55-38-45(34-36-53(55)63(52)54)46-35-37-60-56(39-46)51-24-11-14-29-59(51)65(60)57-27-12-9-22-49(57)50-23-10-13-28-58(50)65/h1-40H. The fourth-order valence-corrected chi connectivity index (χ4v) is 11.6. The molecule has 1 heterocycles. The first kappa shape index (κ1) is 37.6. The predicted molar refractivity (Wildman–Crippen MR) is 278 cm³/mol. The third kappa shape index (κ3) is 5.57. The molecule has 0 amide bonds. The lowest BCUT2D eigenvalue weighted by molar-refractivity contribution is 0.794. The van der Waals surface area contributed by atoms with Gasteiger partial charge in [-0.15, -0.1) is 0 Å². The van der Waals surface area contributed by atoms with Gasteiger partial charge in [0.2, 0.25) is 0 Å². The molecule has 0 N–H and O–H groups in total. The second-order valence-electron chi connectivity index (χ2n) is 18.0. The summed E-state index contributed by atoms with van der Waals surface area (Å²) in [6, 6.07) is 88.7. The first-order valence-corrected chi connectivity index (χ1v) is 23.1. The van der Waals surface area contributed by atoms with Gasteiger partial charge in [0, 0.05) is 16.7 Å². The number of hydrogen-bond acceptors (Lipinski definition) is 2. The number of benzene rings is 11. The fourth-order valence-electron chi connectivity index (χ4n) is 11.6. The molecular weight excluding hydrogens is 809 g/mol. The second-order valence-corrected chi connectivity index (χ2v) is 18.0. The molecule has 67 heavy (non-hydrogen) atoms. The minimum absolute atomic E-state index is 0.362. The highest BCUT2D eigenvalue weighted by Gasteiger charge is 2.51. The molecule has 14 rings (SSSR count). The molecule has 2 nitrogen and oxygen atoms in total. The van der Waals surface area contributed by atoms with E-state index in [0.29, 0.717) is 5.82 Å². The zero-order chi connectivity index (χ0) is 44.1. The van der Waals surface area contributed by atoms with Gasteiger partial charge in [0.15, 0.2) is 5.82 Å². The zero-order valence-electron chi connectivity index (χ0n) is 36.5. The van der Waals surface area contributed by atoms with Gasteiger partial charge in [0.1, 0.15) is 0 Å². The van der Waals surface area contributed by atoms with E-state index in [2.05, 4.69) is 237 Å². The molecule has 0 aliphatic heterocycles. The van der Waals surface area contributed by atoms with E-state index in [9.17, 15) is 0 Å². The van der Waals surface area contributed by atoms with Crippen molar-refractivity contribution in [3.05, 3.63) is 265 Å². The van der Waals surface area contributed by atoms with Gasteiger partial charge >= 0.3 is 0 Å². The van der Waals surface area contributed by atoms with Crippen LogP contribution >= 0.6 is 0 Å². The van der Waals surface area contributed by atoms with Gasteiger partial charge in [-0.3, -0.25) is 0 Å². The van der Waals surface area contributed by atoms with Crippen LogP contribution in [0.5, 0.6) is 0 Å². The Morgan fingerprint density at radius 1 is 0.239 bits per heavy atom. The zero-order valence-corrected chi connectivity index (χ0v) is 36.5. The number of fused-ring (bicyclic) bond motifs is 16. The van der Waals surface area contributed by atoms with Gasteiger partial charge in [-0.1, -0.05) is 224 Å². The van der Waals surface area contributed by atoms with E-state index in [4.69, 9.17) is 9.97 Å². The number of aromatic nitrogens is 2. The van der Waals surface area contributed by atoms with Crippen LogP contribution in [-0.4, -0.2) is 9.97 Å². The fraction of sp³-hybridized carbons (Fsp3) is 0.0154. The lowest BCUT2D eigenvalue weighted by Gasteiger charge is -2.30. The Bertz CT molecular complexity index is 3920. The van der Waals surface area contributed by atoms with Crippen molar-refractivity contribution < 1.29 is 0 Å². The lowest BCUT2D eigenvalue weighted by Crippen LogP contribution is -2.25.